The first-order valence-electron chi connectivity index (χ1n) is 5.36. The van der Waals surface area contributed by atoms with E-state index in [-0.39, 0.29) is 11.3 Å². The Labute approximate surface area is 104 Å². The van der Waals surface area contributed by atoms with Gasteiger partial charge in [-0.2, -0.15) is 0 Å². The largest absolute Gasteiger partial charge is 0.398 e. The van der Waals surface area contributed by atoms with Gasteiger partial charge < -0.3 is 11.1 Å². The van der Waals surface area contributed by atoms with Crippen molar-refractivity contribution < 1.29 is 9.18 Å². The summed E-state index contributed by atoms with van der Waals surface area (Å²) in [4.78, 5) is 15.9. The van der Waals surface area contributed by atoms with Gasteiger partial charge in [0.2, 0.25) is 0 Å². The van der Waals surface area contributed by atoms with Crippen LogP contribution in [0, 0.1) is 12.7 Å². The SMILES string of the molecule is Cc1cc(N)c(C(=O)Nc2ccccc2F)cn1. The van der Waals surface area contributed by atoms with E-state index >= 15 is 0 Å². The van der Waals surface area contributed by atoms with Gasteiger partial charge in [-0.1, -0.05) is 12.1 Å². The number of carbonyl (C=O) groups excluding carboxylic acids is 1. The van der Waals surface area contributed by atoms with Crippen LogP contribution in [0.2, 0.25) is 0 Å². The molecule has 2 aromatic rings. The number of carbonyl (C=O) groups is 1. The van der Waals surface area contributed by atoms with Crippen molar-refractivity contribution in [1.29, 1.82) is 0 Å². The fourth-order valence-electron chi connectivity index (χ4n) is 1.52. The predicted molar refractivity (Wildman–Crippen MR) is 67.7 cm³/mol. The molecule has 0 radical (unpaired) electrons. The van der Waals surface area contributed by atoms with E-state index in [0.29, 0.717) is 5.69 Å². The lowest BCUT2D eigenvalue weighted by molar-refractivity contribution is 0.102. The Bertz CT molecular complexity index is 599. The molecule has 0 saturated heterocycles. The van der Waals surface area contributed by atoms with Crippen LogP contribution in [-0.2, 0) is 0 Å². The summed E-state index contributed by atoms with van der Waals surface area (Å²) in [5.41, 5.74) is 7.09. The number of pyridine rings is 1. The number of nitrogens with one attached hydrogen (secondary N) is 1. The summed E-state index contributed by atoms with van der Waals surface area (Å²) in [6, 6.07) is 7.52. The average molecular weight is 245 g/mol. The van der Waals surface area contributed by atoms with Crippen molar-refractivity contribution in [2.24, 2.45) is 0 Å². The molecule has 1 aromatic carbocycles. The number of anilines is 2. The van der Waals surface area contributed by atoms with Crippen molar-refractivity contribution in [2.75, 3.05) is 11.1 Å². The van der Waals surface area contributed by atoms with E-state index in [9.17, 15) is 9.18 Å². The lowest BCUT2D eigenvalue weighted by atomic mass is 10.2. The minimum Gasteiger partial charge on any atom is -0.398 e. The Morgan fingerprint density at radius 2 is 2.11 bits per heavy atom. The van der Waals surface area contributed by atoms with E-state index < -0.39 is 11.7 Å². The highest BCUT2D eigenvalue weighted by molar-refractivity contribution is 6.07. The molecule has 0 aliphatic heterocycles. The zero-order valence-corrected chi connectivity index (χ0v) is 9.77. The molecule has 0 unspecified atom stereocenters. The summed E-state index contributed by atoms with van der Waals surface area (Å²) >= 11 is 0. The molecule has 0 aliphatic rings. The molecule has 5 heteroatoms. The Balaban J connectivity index is 2.25. The fraction of sp³-hybridized carbons (Fsp3) is 0.0769. The van der Waals surface area contributed by atoms with Crippen LogP contribution >= 0.6 is 0 Å². The van der Waals surface area contributed by atoms with Gasteiger partial charge in [0.05, 0.1) is 11.3 Å². The summed E-state index contributed by atoms with van der Waals surface area (Å²) in [7, 11) is 0. The van der Waals surface area contributed by atoms with E-state index in [2.05, 4.69) is 10.3 Å². The van der Waals surface area contributed by atoms with Crippen LogP contribution in [0.5, 0.6) is 0 Å². The van der Waals surface area contributed by atoms with Gasteiger partial charge in [0, 0.05) is 17.6 Å². The minimum atomic E-state index is -0.496. The number of nitrogen functional groups attached to an aromatic ring is 1. The minimum absolute atomic E-state index is 0.113. The monoisotopic (exact) mass is 245 g/mol. The second kappa shape index (κ2) is 4.83. The molecule has 0 atom stereocenters. The molecule has 3 N–H and O–H groups in total. The topological polar surface area (TPSA) is 68.0 Å². The molecular weight excluding hydrogens is 233 g/mol. The number of amides is 1. The number of aryl methyl sites for hydroxylation is 1. The number of para-hydroxylation sites is 1. The fourth-order valence-corrected chi connectivity index (χ4v) is 1.52. The lowest BCUT2D eigenvalue weighted by Gasteiger charge is -2.08. The van der Waals surface area contributed by atoms with Gasteiger partial charge in [0.25, 0.3) is 5.91 Å². The van der Waals surface area contributed by atoms with Crippen molar-refractivity contribution in [3.63, 3.8) is 0 Å². The smallest absolute Gasteiger partial charge is 0.259 e. The number of rotatable bonds is 2. The van der Waals surface area contributed by atoms with E-state index in [1.54, 1.807) is 25.1 Å². The molecule has 18 heavy (non-hydrogen) atoms. The van der Waals surface area contributed by atoms with E-state index in [4.69, 9.17) is 5.73 Å². The zero-order valence-electron chi connectivity index (χ0n) is 9.77. The summed E-state index contributed by atoms with van der Waals surface area (Å²) in [6.07, 6.45) is 1.38. The van der Waals surface area contributed by atoms with Crippen molar-refractivity contribution >= 4 is 17.3 Å². The number of hydrogen-bond acceptors (Lipinski definition) is 3. The molecule has 0 aliphatic carbocycles. The maximum Gasteiger partial charge on any atom is 0.259 e. The van der Waals surface area contributed by atoms with Gasteiger partial charge >= 0.3 is 0 Å². The Morgan fingerprint density at radius 3 is 2.78 bits per heavy atom. The molecule has 4 nitrogen and oxygen atoms in total. The second-order valence-electron chi connectivity index (χ2n) is 3.85. The van der Waals surface area contributed by atoms with Crippen LogP contribution in [0.25, 0.3) is 0 Å². The highest BCUT2D eigenvalue weighted by Crippen LogP contribution is 2.16. The Morgan fingerprint density at radius 1 is 1.39 bits per heavy atom. The van der Waals surface area contributed by atoms with Crippen LogP contribution < -0.4 is 11.1 Å². The van der Waals surface area contributed by atoms with Crippen LogP contribution in [0.3, 0.4) is 0 Å². The zero-order chi connectivity index (χ0) is 13.1. The highest BCUT2D eigenvalue weighted by atomic mass is 19.1. The molecule has 1 heterocycles. The van der Waals surface area contributed by atoms with E-state index in [0.717, 1.165) is 5.69 Å². The number of hydrogen-bond donors (Lipinski definition) is 2. The summed E-state index contributed by atoms with van der Waals surface area (Å²) in [5.74, 6) is -0.977. The summed E-state index contributed by atoms with van der Waals surface area (Å²) < 4.78 is 13.4. The number of halogens is 1. The van der Waals surface area contributed by atoms with Crippen LogP contribution in [0.15, 0.2) is 36.5 Å². The second-order valence-corrected chi connectivity index (χ2v) is 3.85. The number of nitrogens with zero attached hydrogens (tertiary/aromatic N) is 1. The van der Waals surface area contributed by atoms with Crippen molar-refractivity contribution in [3.8, 4) is 0 Å². The molecule has 92 valence electrons. The quantitative estimate of drug-likeness (QED) is 0.853. The standard InChI is InChI=1S/C13H12FN3O/c1-8-6-11(15)9(7-16-8)13(18)17-12-5-3-2-4-10(12)14/h2-7H,1H3,(H2,15,16)(H,17,18). The normalized spacial score (nSPS) is 10.1. The van der Waals surface area contributed by atoms with Crippen molar-refractivity contribution in [3.05, 3.63) is 53.6 Å². The summed E-state index contributed by atoms with van der Waals surface area (Å²) in [5, 5.41) is 2.45. The first kappa shape index (κ1) is 12.0. The maximum absolute atomic E-state index is 13.4. The molecular formula is C13H12FN3O. The maximum atomic E-state index is 13.4. The van der Waals surface area contributed by atoms with Crippen LogP contribution in [0.4, 0.5) is 15.8 Å². The van der Waals surface area contributed by atoms with Gasteiger partial charge in [-0.25, -0.2) is 4.39 Å². The van der Waals surface area contributed by atoms with Crippen LogP contribution in [0.1, 0.15) is 16.1 Å². The Kier molecular flexibility index (Phi) is 3.23. The molecule has 0 bridgehead atoms. The average Bonchev–Trinajstić information content (AvgIpc) is 2.32. The van der Waals surface area contributed by atoms with Crippen molar-refractivity contribution in [2.45, 2.75) is 6.92 Å². The predicted octanol–water partition coefficient (Wildman–Crippen LogP) is 2.36. The van der Waals surface area contributed by atoms with Gasteiger partial charge in [0.1, 0.15) is 5.82 Å². The molecule has 1 aromatic heterocycles. The molecule has 0 saturated carbocycles. The third-order valence-electron chi connectivity index (χ3n) is 2.44. The van der Waals surface area contributed by atoms with Crippen molar-refractivity contribution in [1.82, 2.24) is 4.98 Å². The lowest BCUT2D eigenvalue weighted by Crippen LogP contribution is -2.15. The number of aromatic nitrogens is 1. The van der Waals surface area contributed by atoms with Gasteiger partial charge in [-0.15, -0.1) is 0 Å². The summed E-state index contributed by atoms with van der Waals surface area (Å²) in [6.45, 7) is 1.77. The van der Waals surface area contributed by atoms with Gasteiger partial charge in [-0.3, -0.25) is 9.78 Å². The van der Waals surface area contributed by atoms with Gasteiger partial charge in [0.15, 0.2) is 0 Å². The third-order valence-corrected chi connectivity index (χ3v) is 2.44. The van der Waals surface area contributed by atoms with E-state index in [1.165, 1.54) is 18.3 Å². The first-order valence-corrected chi connectivity index (χ1v) is 5.36. The van der Waals surface area contributed by atoms with Crippen LogP contribution in [-0.4, -0.2) is 10.9 Å². The molecule has 0 fully saturated rings. The molecule has 0 spiro atoms. The third kappa shape index (κ3) is 2.45. The van der Waals surface area contributed by atoms with Gasteiger partial charge in [-0.05, 0) is 25.1 Å². The highest BCUT2D eigenvalue weighted by Gasteiger charge is 2.12. The molecule has 2 rings (SSSR count). The number of benzene rings is 1. The number of nitrogens with two attached hydrogens (primary N) is 1. The Hall–Kier alpha value is -2.43. The molecule has 1 amide bonds. The first-order chi connectivity index (χ1) is 8.58. The van der Waals surface area contributed by atoms with E-state index in [1.807, 2.05) is 0 Å².